The van der Waals surface area contributed by atoms with E-state index in [1.54, 1.807) is 0 Å². The van der Waals surface area contributed by atoms with Crippen molar-refractivity contribution in [3.05, 3.63) is 35.9 Å². The SMILES string of the molecule is CC(=O)OC[C@H]1O[C@@H](C(=NCc2ccccc2)NO)[C@H](OC(C)=O)[C@@H](OC(C)=O)[C@@H]1OC(C)=O. The molecule has 0 radical (unpaired) electrons. The number of esters is 4. The highest BCUT2D eigenvalue weighted by atomic mass is 16.7. The van der Waals surface area contributed by atoms with Crippen LogP contribution < -0.4 is 5.48 Å². The number of nitrogens with one attached hydrogen (secondary N) is 1. The summed E-state index contributed by atoms with van der Waals surface area (Å²) in [6.07, 6.45) is -6.47. The number of hydrogen-bond donors (Lipinski definition) is 2. The van der Waals surface area contributed by atoms with E-state index in [2.05, 4.69) is 4.99 Å². The predicted molar refractivity (Wildman–Crippen MR) is 114 cm³/mol. The highest BCUT2D eigenvalue weighted by Gasteiger charge is 2.53. The molecule has 0 aliphatic carbocycles. The van der Waals surface area contributed by atoms with Gasteiger partial charge in [-0.05, 0) is 5.56 Å². The maximum absolute atomic E-state index is 11.9. The Morgan fingerprint density at radius 3 is 1.97 bits per heavy atom. The fraction of sp³-hybridized carbons (Fsp3) is 0.500. The highest BCUT2D eigenvalue weighted by molar-refractivity contribution is 5.87. The summed E-state index contributed by atoms with van der Waals surface area (Å²) in [5.41, 5.74) is 2.74. The fourth-order valence-corrected chi connectivity index (χ4v) is 3.40. The van der Waals surface area contributed by atoms with E-state index in [1.807, 2.05) is 35.8 Å². The van der Waals surface area contributed by atoms with Crippen molar-refractivity contribution in [3.63, 3.8) is 0 Å². The Bertz CT molecular complexity index is 904. The van der Waals surface area contributed by atoms with Crippen LogP contribution in [-0.4, -0.2) is 72.0 Å². The van der Waals surface area contributed by atoms with Gasteiger partial charge in [-0.3, -0.25) is 34.9 Å². The van der Waals surface area contributed by atoms with E-state index in [-0.39, 0.29) is 19.0 Å². The van der Waals surface area contributed by atoms with Crippen LogP contribution in [0.3, 0.4) is 0 Å². The summed E-state index contributed by atoms with van der Waals surface area (Å²) < 4.78 is 27.0. The number of nitrogens with zero attached hydrogens (tertiary/aromatic N) is 1. The van der Waals surface area contributed by atoms with E-state index in [1.165, 1.54) is 6.92 Å². The minimum absolute atomic E-state index is 0.122. The molecule has 0 amide bonds. The molecule has 1 heterocycles. The van der Waals surface area contributed by atoms with Crippen molar-refractivity contribution < 1.29 is 48.1 Å². The van der Waals surface area contributed by atoms with E-state index < -0.39 is 54.4 Å². The molecule has 0 aromatic heterocycles. The van der Waals surface area contributed by atoms with Crippen LogP contribution in [0.15, 0.2) is 35.3 Å². The van der Waals surface area contributed by atoms with Crippen molar-refractivity contribution >= 4 is 29.7 Å². The average molecular weight is 480 g/mol. The smallest absolute Gasteiger partial charge is 0.303 e. The fourth-order valence-electron chi connectivity index (χ4n) is 3.40. The molecule has 186 valence electrons. The second kappa shape index (κ2) is 12.7. The summed E-state index contributed by atoms with van der Waals surface area (Å²) >= 11 is 0. The van der Waals surface area contributed by atoms with Crippen molar-refractivity contribution in [2.75, 3.05) is 6.61 Å². The molecule has 0 bridgehead atoms. The maximum atomic E-state index is 11.9. The lowest BCUT2D eigenvalue weighted by Gasteiger charge is -2.44. The van der Waals surface area contributed by atoms with Crippen molar-refractivity contribution in [1.82, 2.24) is 5.48 Å². The Morgan fingerprint density at radius 1 is 0.882 bits per heavy atom. The number of benzene rings is 1. The van der Waals surface area contributed by atoms with Gasteiger partial charge in [-0.1, -0.05) is 30.3 Å². The molecule has 1 aliphatic heterocycles. The van der Waals surface area contributed by atoms with E-state index in [0.29, 0.717) is 0 Å². The van der Waals surface area contributed by atoms with Crippen LogP contribution in [0.2, 0.25) is 0 Å². The summed E-state index contributed by atoms with van der Waals surface area (Å²) in [7, 11) is 0. The molecule has 2 rings (SSSR count). The lowest BCUT2D eigenvalue weighted by Crippen LogP contribution is -2.65. The molecule has 12 nitrogen and oxygen atoms in total. The molecular weight excluding hydrogens is 452 g/mol. The minimum Gasteiger partial charge on any atom is -0.463 e. The van der Waals surface area contributed by atoms with Gasteiger partial charge in [-0.15, -0.1) is 0 Å². The van der Waals surface area contributed by atoms with Crippen LogP contribution in [0.4, 0.5) is 0 Å². The highest BCUT2D eigenvalue weighted by Crippen LogP contribution is 2.30. The molecule has 0 spiro atoms. The van der Waals surface area contributed by atoms with E-state index >= 15 is 0 Å². The summed E-state index contributed by atoms with van der Waals surface area (Å²) in [5.74, 6) is -3.04. The van der Waals surface area contributed by atoms with Crippen molar-refractivity contribution in [3.8, 4) is 0 Å². The molecule has 1 saturated heterocycles. The molecule has 2 N–H and O–H groups in total. The number of ether oxygens (including phenoxy) is 5. The number of amidine groups is 1. The monoisotopic (exact) mass is 480 g/mol. The van der Waals surface area contributed by atoms with E-state index in [9.17, 15) is 24.4 Å². The van der Waals surface area contributed by atoms with Crippen LogP contribution in [0.1, 0.15) is 33.3 Å². The van der Waals surface area contributed by atoms with Gasteiger partial charge in [0.05, 0.1) is 6.54 Å². The van der Waals surface area contributed by atoms with Gasteiger partial charge in [0.15, 0.2) is 30.3 Å². The van der Waals surface area contributed by atoms with E-state index in [0.717, 1.165) is 26.3 Å². The number of rotatable bonds is 8. The molecular formula is C22H28N2O10. The third-order valence-corrected chi connectivity index (χ3v) is 4.65. The molecule has 1 fully saturated rings. The standard InChI is InChI=1S/C22H28N2O10/c1-12(25)30-11-17-18(31-13(2)26)19(32-14(3)27)20(33-15(4)28)21(34-17)22(24-29)23-10-16-8-6-5-7-9-16/h5-9,17-21,29H,10-11H2,1-4H3,(H,23,24)/t17-,18-,19+,20-,21-/m1/s1. The lowest BCUT2D eigenvalue weighted by atomic mass is 9.93. The largest absolute Gasteiger partial charge is 0.463 e. The van der Waals surface area contributed by atoms with Gasteiger partial charge in [-0.2, -0.15) is 0 Å². The van der Waals surface area contributed by atoms with Gasteiger partial charge >= 0.3 is 23.9 Å². The molecule has 1 aliphatic rings. The normalized spacial score (nSPS) is 24.5. The van der Waals surface area contributed by atoms with Crippen molar-refractivity contribution in [1.29, 1.82) is 0 Å². The summed E-state index contributed by atoms with van der Waals surface area (Å²) in [6.45, 7) is 4.29. The van der Waals surface area contributed by atoms with Gasteiger partial charge in [0.25, 0.3) is 0 Å². The summed E-state index contributed by atoms with van der Waals surface area (Å²) in [5, 5.41) is 9.81. The first-order chi connectivity index (χ1) is 16.1. The second-order valence-corrected chi connectivity index (χ2v) is 7.42. The van der Waals surface area contributed by atoms with Gasteiger partial charge in [0, 0.05) is 27.7 Å². The second-order valence-electron chi connectivity index (χ2n) is 7.42. The van der Waals surface area contributed by atoms with E-state index in [4.69, 9.17) is 23.7 Å². The van der Waals surface area contributed by atoms with Gasteiger partial charge in [-0.25, -0.2) is 0 Å². The zero-order chi connectivity index (χ0) is 25.3. The van der Waals surface area contributed by atoms with Gasteiger partial charge in [0.1, 0.15) is 12.7 Å². The summed E-state index contributed by atoms with van der Waals surface area (Å²) in [4.78, 5) is 51.2. The molecule has 0 saturated carbocycles. The number of hydrogen-bond acceptors (Lipinski definition) is 11. The first-order valence-electron chi connectivity index (χ1n) is 10.4. The van der Waals surface area contributed by atoms with Crippen LogP contribution >= 0.6 is 0 Å². The van der Waals surface area contributed by atoms with Crippen molar-refractivity contribution in [2.45, 2.75) is 64.8 Å². The Balaban J connectivity index is 2.50. The number of carbonyl (C=O) groups excluding carboxylic acids is 4. The summed E-state index contributed by atoms with van der Waals surface area (Å²) in [6, 6.07) is 9.08. The number of aliphatic imine (C=N–C) groups is 1. The van der Waals surface area contributed by atoms with Crippen LogP contribution in [0.5, 0.6) is 0 Å². The minimum atomic E-state index is -1.37. The Kier molecular flexibility index (Phi) is 9.95. The molecule has 34 heavy (non-hydrogen) atoms. The predicted octanol–water partition coefficient (Wildman–Crippen LogP) is 0.690. The van der Waals surface area contributed by atoms with Crippen LogP contribution in [-0.2, 0) is 49.4 Å². The molecule has 1 aromatic rings. The van der Waals surface area contributed by atoms with Crippen LogP contribution in [0.25, 0.3) is 0 Å². The zero-order valence-corrected chi connectivity index (χ0v) is 19.3. The van der Waals surface area contributed by atoms with Gasteiger partial charge in [0.2, 0.25) is 0 Å². The van der Waals surface area contributed by atoms with Gasteiger partial charge < -0.3 is 23.7 Å². The maximum Gasteiger partial charge on any atom is 0.303 e. The number of carbonyl (C=O) groups is 4. The molecule has 5 atom stereocenters. The third kappa shape index (κ3) is 7.81. The number of hydroxylamine groups is 1. The Hall–Kier alpha value is -3.51. The third-order valence-electron chi connectivity index (χ3n) is 4.65. The molecule has 12 heteroatoms. The quantitative estimate of drug-likeness (QED) is 0.177. The lowest BCUT2D eigenvalue weighted by molar-refractivity contribution is -0.242. The Morgan fingerprint density at radius 2 is 1.44 bits per heavy atom. The van der Waals surface area contributed by atoms with Crippen LogP contribution in [0, 0.1) is 0 Å². The Labute approximate surface area is 196 Å². The topological polar surface area (TPSA) is 159 Å². The first kappa shape index (κ1) is 26.7. The zero-order valence-electron chi connectivity index (χ0n) is 19.3. The van der Waals surface area contributed by atoms with Crippen molar-refractivity contribution in [2.24, 2.45) is 4.99 Å². The molecule has 0 unspecified atom stereocenters. The average Bonchev–Trinajstić information content (AvgIpc) is 2.76. The molecule has 1 aromatic carbocycles. The first-order valence-corrected chi connectivity index (χ1v) is 10.4.